The highest BCUT2D eigenvalue weighted by Crippen LogP contribution is 2.37. The van der Waals surface area contributed by atoms with E-state index in [0.29, 0.717) is 16.6 Å². The fourth-order valence-electron chi connectivity index (χ4n) is 2.33. The van der Waals surface area contributed by atoms with Crippen LogP contribution in [-0.2, 0) is 13.5 Å². The van der Waals surface area contributed by atoms with Gasteiger partial charge in [-0.2, -0.15) is 5.10 Å². The first kappa shape index (κ1) is 13.8. The van der Waals surface area contributed by atoms with Crippen molar-refractivity contribution in [3.63, 3.8) is 0 Å². The van der Waals surface area contributed by atoms with Crippen molar-refractivity contribution in [3.05, 3.63) is 47.2 Å². The third kappa shape index (κ3) is 2.43. The second kappa shape index (κ2) is 5.30. The maximum Gasteiger partial charge on any atom is 0.155 e. The molecule has 108 valence electrons. The molecule has 0 bridgehead atoms. The van der Waals surface area contributed by atoms with Gasteiger partial charge in [-0.3, -0.25) is 4.68 Å². The summed E-state index contributed by atoms with van der Waals surface area (Å²) in [6.07, 6.45) is 0.842. The van der Waals surface area contributed by atoms with Gasteiger partial charge < -0.3 is 10.2 Å². The van der Waals surface area contributed by atoms with Gasteiger partial charge in [0.05, 0.1) is 5.56 Å². The summed E-state index contributed by atoms with van der Waals surface area (Å²) in [6.45, 7) is 2.05. The predicted octanol–water partition coefficient (Wildman–Crippen LogP) is 4.15. The van der Waals surface area contributed by atoms with Crippen LogP contribution in [0.15, 0.2) is 40.8 Å². The van der Waals surface area contributed by atoms with Crippen LogP contribution < -0.4 is 5.73 Å². The fourth-order valence-corrected chi connectivity index (χ4v) is 2.52. The van der Waals surface area contributed by atoms with Gasteiger partial charge in [0, 0.05) is 18.5 Å². The number of nitrogens with two attached hydrogens (primary N) is 1. The molecular weight excluding hydrogens is 286 g/mol. The average molecular weight is 302 g/mol. The number of hydrogen-bond acceptors (Lipinski definition) is 3. The van der Waals surface area contributed by atoms with Crippen LogP contribution in [0.2, 0.25) is 5.02 Å². The Kier molecular flexibility index (Phi) is 3.47. The summed E-state index contributed by atoms with van der Waals surface area (Å²) >= 11 is 6.09. The predicted molar refractivity (Wildman–Crippen MR) is 85.1 cm³/mol. The normalized spacial score (nSPS) is 11.0. The third-order valence-electron chi connectivity index (χ3n) is 3.45. The minimum Gasteiger partial charge on any atom is -0.459 e. The summed E-state index contributed by atoms with van der Waals surface area (Å²) in [4.78, 5) is 0. The lowest BCUT2D eigenvalue weighted by atomic mass is 10.0. The van der Waals surface area contributed by atoms with E-state index >= 15 is 0 Å². The fraction of sp³-hybridized carbons (Fsp3) is 0.188. The highest BCUT2D eigenvalue weighted by molar-refractivity contribution is 6.30. The summed E-state index contributed by atoms with van der Waals surface area (Å²) < 4.78 is 7.47. The van der Waals surface area contributed by atoms with Gasteiger partial charge in [0.15, 0.2) is 5.76 Å². The van der Waals surface area contributed by atoms with Crippen molar-refractivity contribution < 1.29 is 4.42 Å². The van der Waals surface area contributed by atoms with Crippen molar-refractivity contribution in [1.29, 1.82) is 0 Å². The molecule has 0 saturated carbocycles. The zero-order valence-corrected chi connectivity index (χ0v) is 12.7. The minimum atomic E-state index is 0.585. The first-order chi connectivity index (χ1) is 10.1. The van der Waals surface area contributed by atoms with Gasteiger partial charge >= 0.3 is 0 Å². The maximum atomic E-state index is 6.18. The number of anilines is 1. The van der Waals surface area contributed by atoms with E-state index in [1.807, 2.05) is 50.4 Å². The summed E-state index contributed by atoms with van der Waals surface area (Å²) in [5.74, 6) is 2.22. The van der Waals surface area contributed by atoms with Gasteiger partial charge in [0.1, 0.15) is 17.3 Å². The van der Waals surface area contributed by atoms with Crippen LogP contribution in [0.1, 0.15) is 12.7 Å². The highest BCUT2D eigenvalue weighted by Gasteiger charge is 2.20. The molecule has 4 nitrogen and oxygen atoms in total. The van der Waals surface area contributed by atoms with Crippen LogP contribution in [0, 0.1) is 0 Å². The molecule has 0 saturated heterocycles. The number of nitrogen functional groups attached to an aromatic ring is 1. The van der Waals surface area contributed by atoms with E-state index < -0.39 is 0 Å². The Balaban J connectivity index is 2.20. The Labute approximate surface area is 128 Å². The van der Waals surface area contributed by atoms with Crippen LogP contribution >= 0.6 is 11.6 Å². The molecule has 0 unspecified atom stereocenters. The molecule has 0 aliphatic carbocycles. The van der Waals surface area contributed by atoms with E-state index in [1.54, 1.807) is 4.68 Å². The molecule has 5 heteroatoms. The number of furan rings is 1. The first-order valence-electron chi connectivity index (χ1n) is 6.77. The second-order valence-electron chi connectivity index (χ2n) is 4.86. The van der Waals surface area contributed by atoms with E-state index in [2.05, 4.69) is 5.10 Å². The molecule has 0 amide bonds. The number of aryl methyl sites for hydroxylation is 2. The number of hydrogen-bond donors (Lipinski definition) is 1. The lowest BCUT2D eigenvalue weighted by molar-refractivity contribution is 0.526. The molecule has 0 radical (unpaired) electrons. The van der Waals surface area contributed by atoms with E-state index in [-0.39, 0.29) is 0 Å². The van der Waals surface area contributed by atoms with Crippen LogP contribution in [-0.4, -0.2) is 9.78 Å². The van der Waals surface area contributed by atoms with Crippen LogP contribution in [0.25, 0.3) is 22.6 Å². The standard InChI is InChI=1S/C16H16ClN3O/c1-3-12-7-8-13(21-12)15-14(16(18)20(2)19-15)10-5-4-6-11(17)9-10/h4-9H,3,18H2,1-2H3. The molecule has 2 aromatic heterocycles. The topological polar surface area (TPSA) is 57.0 Å². The Hall–Kier alpha value is -2.20. The van der Waals surface area contributed by atoms with E-state index in [1.165, 1.54) is 0 Å². The largest absolute Gasteiger partial charge is 0.459 e. The van der Waals surface area contributed by atoms with Gasteiger partial charge in [-0.15, -0.1) is 0 Å². The van der Waals surface area contributed by atoms with Crippen LogP contribution in [0.4, 0.5) is 5.82 Å². The lowest BCUT2D eigenvalue weighted by Gasteiger charge is -2.03. The molecule has 2 heterocycles. The molecule has 0 spiro atoms. The molecule has 3 rings (SSSR count). The van der Waals surface area contributed by atoms with Crippen molar-refractivity contribution in [2.45, 2.75) is 13.3 Å². The van der Waals surface area contributed by atoms with Gasteiger partial charge in [0.25, 0.3) is 0 Å². The van der Waals surface area contributed by atoms with Crippen molar-refractivity contribution in [1.82, 2.24) is 9.78 Å². The zero-order valence-electron chi connectivity index (χ0n) is 11.9. The molecule has 2 N–H and O–H groups in total. The molecule has 0 atom stereocenters. The molecule has 0 aliphatic heterocycles. The van der Waals surface area contributed by atoms with Crippen molar-refractivity contribution in [2.24, 2.45) is 7.05 Å². The smallest absolute Gasteiger partial charge is 0.155 e. The number of halogens is 1. The highest BCUT2D eigenvalue weighted by atomic mass is 35.5. The second-order valence-corrected chi connectivity index (χ2v) is 5.30. The van der Waals surface area contributed by atoms with Crippen molar-refractivity contribution in [2.75, 3.05) is 5.73 Å². The van der Waals surface area contributed by atoms with Gasteiger partial charge in [0.2, 0.25) is 0 Å². The molecular formula is C16H16ClN3O. The summed E-state index contributed by atoms with van der Waals surface area (Å²) in [5, 5.41) is 5.15. The van der Waals surface area contributed by atoms with Crippen molar-refractivity contribution >= 4 is 17.4 Å². The quantitative estimate of drug-likeness (QED) is 0.791. The molecule has 1 aromatic carbocycles. The van der Waals surface area contributed by atoms with Gasteiger partial charge in [-0.1, -0.05) is 30.7 Å². The Bertz CT molecular complexity index is 789. The number of aromatic nitrogens is 2. The van der Waals surface area contributed by atoms with Crippen LogP contribution in [0.3, 0.4) is 0 Å². The van der Waals surface area contributed by atoms with Gasteiger partial charge in [-0.25, -0.2) is 0 Å². The summed E-state index contributed by atoms with van der Waals surface area (Å²) in [7, 11) is 1.82. The maximum absolute atomic E-state index is 6.18. The number of nitrogens with zero attached hydrogens (tertiary/aromatic N) is 2. The number of benzene rings is 1. The van der Waals surface area contributed by atoms with Crippen LogP contribution in [0.5, 0.6) is 0 Å². The third-order valence-corrected chi connectivity index (χ3v) is 3.68. The van der Waals surface area contributed by atoms with E-state index in [9.17, 15) is 0 Å². The number of rotatable bonds is 3. The molecule has 3 aromatic rings. The Morgan fingerprint density at radius 1 is 1.29 bits per heavy atom. The van der Waals surface area contributed by atoms with E-state index in [4.69, 9.17) is 21.8 Å². The first-order valence-corrected chi connectivity index (χ1v) is 7.15. The minimum absolute atomic E-state index is 0.585. The zero-order chi connectivity index (χ0) is 15.0. The molecule has 0 fully saturated rings. The van der Waals surface area contributed by atoms with Gasteiger partial charge in [-0.05, 0) is 29.8 Å². The Morgan fingerprint density at radius 3 is 2.76 bits per heavy atom. The van der Waals surface area contributed by atoms with E-state index in [0.717, 1.165) is 29.0 Å². The average Bonchev–Trinajstić information content (AvgIpc) is 3.05. The lowest BCUT2D eigenvalue weighted by Crippen LogP contribution is -1.97. The molecule has 0 aliphatic rings. The summed E-state index contributed by atoms with van der Waals surface area (Å²) in [5.41, 5.74) is 8.68. The Morgan fingerprint density at radius 2 is 2.10 bits per heavy atom. The summed E-state index contributed by atoms with van der Waals surface area (Å²) in [6, 6.07) is 11.5. The van der Waals surface area contributed by atoms with Crippen molar-refractivity contribution in [3.8, 4) is 22.6 Å². The monoisotopic (exact) mass is 301 g/mol. The SMILES string of the molecule is CCc1ccc(-c2nn(C)c(N)c2-c2cccc(Cl)c2)o1. The molecule has 21 heavy (non-hydrogen) atoms.